The van der Waals surface area contributed by atoms with Crippen LogP contribution in [0.3, 0.4) is 0 Å². The smallest absolute Gasteiger partial charge is 0.236 e. The van der Waals surface area contributed by atoms with E-state index in [0.717, 1.165) is 11.1 Å². The predicted octanol–water partition coefficient (Wildman–Crippen LogP) is 2.24. The molecule has 24 heavy (non-hydrogen) atoms. The molecule has 1 unspecified atom stereocenters. The van der Waals surface area contributed by atoms with Crippen molar-refractivity contribution in [2.24, 2.45) is 0 Å². The largest absolute Gasteiger partial charge is 0.472 e. The number of sulfonamides is 1. The lowest BCUT2D eigenvalue weighted by Gasteiger charge is -2.14. The van der Waals surface area contributed by atoms with Gasteiger partial charge in [0.1, 0.15) is 6.10 Å². The third-order valence-corrected chi connectivity index (χ3v) is 5.34. The van der Waals surface area contributed by atoms with Gasteiger partial charge >= 0.3 is 0 Å². The minimum absolute atomic E-state index is 0.204. The summed E-state index contributed by atoms with van der Waals surface area (Å²) < 4.78 is 32.0. The Morgan fingerprint density at radius 3 is 2.75 bits per heavy atom. The highest BCUT2D eigenvalue weighted by Crippen LogP contribution is 2.19. The molecule has 2 aromatic rings. The minimum atomic E-state index is -3.46. The van der Waals surface area contributed by atoms with E-state index in [2.05, 4.69) is 9.97 Å². The van der Waals surface area contributed by atoms with Gasteiger partial charge in [-0.3, -0.25) is 4.98 Å². The first-order valence-corrected chi connectivity index (χ1v) is 9.21. The number of ether oxygens (including phenoxy) is 1. The Kier molecular flexibility index (Phi) is 4.92. The molecular formula is C17H19N3O3S. The molecule has 1 aliphatic heterocycles. The summed E-state index contributed by atoms with van der Waals surface area (Å²) in [5.74, 6) is 0.414. The van der Waals surface area contributed by atoms with E-state index in [0.29, 0.717) is 25.4 Å². The molecule has 126 valence electrons. The van der Waals surface area contributed by atoms with Gasteiger partial charge in [0.05, 0.1) is 12.7 Å². The molecule has 0 radical (unpaired) electrons. The first-order valence-electron chi connectivity index (χ1n) is 7.70. The Bertz CT molecular complexity index is 805. The zero-order chi connectivity index (χ0) is 17.0. The van der Waals surface area contributed by atoms with Gasteiger partial charge in [-0.05, 0) is 25.0 Å². The Labute approximate surface area is 141 Å². The van der Waals surface area contributed by atoms with Gasteiger partial charge in [-0.1, -0.05) is 29.8 Å². The summed E-state index contributed by atoms with van der Waals surface area (Å²) in [5.41, 5.74) is 1.99. The maximum absolute atomic E-state index is 12.4. The van der Waals surface area contributed by atoms with Crippen LogP contribution in [0.25, 0.3) is 6.08 Å². The predicted molar refractivity (Wildman–Crippen MR) is 91.8 cm³/mol. The molecule has 3 rings (SSSR count). The first-order chi connectivity index (χ1) is 11.5. The number of nitrogens with zero attached hydrogens (tertiary/aromatic N) is 3. The van der Waals surface area contributed by atoms with Crippen molar-refractivity contribution in [3.8, 4) is 5.88 Å². The summed E-state index contributed by atoms with van der Waals surface area (Å²) in [6, 6.07) is 7.69. The number of benzene rings is 1. The van der Waals surface area contributed by atoms with Crippen molar-refractivity contribution in [1.82, 2.24) is 14.3 Å². The highest BCUT2D eigenvalue weighted by molar-refractivity contribution is 7.92. The van der Waals surface area contributed by atoms with E-state index < -0.39 is 10.0 Å². The highest BCUT2D eigenvalue weighted by atomic mass is 32.2. The Balaban J connectivity index is 1.62. The molecule has 1 aliphatic rings. The summed E-state index contributed by atoms with van der Waals surface area (Å²) in [7, 11) is -3.46. The fraction of sp³-hybridized carbons (Fsp3) is 0.294. The van der Waals surface area contributed by atoms with E-state index in [1.165, 1.54) is 15.9 Å². The van der Waals surface area contributed by atoms with Crippen LogP contribution in [0.15, 0.2) is 48.3 Å². The van der Waals surface area contributed by atoms with Gasteiger partial charge in [0.15, 0.2) is 0 Å². The maximum atomic E-state index is 12.4. The number of aromatic nitrogens is 2. The third kappa shape index (κ3) is 4.18. The second-order valence-corrected chi connectivity index (χ2v) is 7.51. The van der Waals surface area contributed by atoms with Crippen LogP contribution in [0, 0.1) is 6.92 Å². The quantitative estimate of drug-likeness (QED) is 0.831. The van der Waals surface area contributed by atoms with Crippen molar-refractivity contribution in [2.75, 3.05) is 13.1 Å². The summed E-state index contributed by atoms with van der Waals surface area (Å²) in [6.45, 7) is 2.74. The van der Waals surface area contributed by atoms with E-state index in [1.54, 1.807) is 18.5 Å². The van der Waals surface area contributed by atoms with Gasteiger partial charge in [0, 0.05) is 24.3 Å². The molecule has 7 heteroatoms. The molecular weight excluding hydrogens is 326 g/mol. The van der Waals surface area contributed by atoms with Crippen LogP contribution in [0.1, 0.15) is 17.5 Å². The molecule has 1 aromatic heterocycles. The molecule has 0 amide bonds. The van der Waals surface area contributed by atoms with E-state index in [-0.39, 0.29) is 6.10 Å². The standard InChI is InChI=1S/C17H19N3O3S/c1-14-2-4-15(5-3-14)7-11-24(21,22)20-10-6-16(13-20)23-17-12-18-8-9-19-17/h2-5,7-9,11-12,16H,6,10,13H2,1H3. The molecule has 0 saturated carbocycles. The Hall–Kier alpha value is -2.25. The Morgan fingerprint density at radius 2 is 2.04 bits per heavy atom. The highest BCUT2D eigenvalue weighted by Gasteiger charge is 2.31. The van der Waals surface area contributed by atoms with Gasteiger partial charge in [0.25, 0.3) is 0 Å². The van der Waals surface area contributed by atoms with Gasteiger partial charge in [-0.15, -0.1) is 0 Å². The number of hydrogen-bond donors (Lipinski definition) is 0. The van der Waals surface area contributed by atoms with Crippen LogP contribution in [-0.4, -0.2) is 41.9 Å². The molecule has 1 atom stereocenters. The molecule has 0 bridgehead atoms. The number of hydrogen-bond acceptors (Lipinski definition) is 5. The van der Waals surface area contributed by atoms with Crippen LogP contribution in [0.4, 0.5) is 0 Å². The summed E-state index contributed by atoms with van der Waals surface area (Å²) >= 11 is 0. The lowest BCUT2D eigenvalue weighted by Crippen LogP contribution is -2.29. The molecule has 6 nitrogen and oxygen atoms in total. The SMILES string of the molecule is Cc1ccc(C=CS(=O)(=O)N2CCC(Oc3cnccn3)C2)cc1. The van der Waals surface area contributed by atoms with Gasteiger partial charge < -0.3 is 4.74 Å². The van der Waals surface area contributed by atoms with Gasteiger partial charge in [-0.25, -0.2) is 13.4 Å². The monoisotopic (exact) mass is 345 g/mol. The van der Waals surface area contributed by atoms with E-state index in [9.17, 15) is 8.42 Å². The second-order valence-electron chi connectivity index (χ2n) is 5.69. The Morgan fingerprint density at radius 1 is 1.25 bits per heavy atom. The van der Waals surface area contributed by atoms with Crippen molar-refractivity contribution in [2.45, 2.75) is 19.4 Å². The molecule has 1 aromatic carbocycles. The normalized spacial score (nSPS) is 19.0. The number of rotatable bonds is 5. The summed E-state index contributed by atoms with van der Waals surface area (Å²) in [6.07, 6.45) is 6.68. The van der Waals surface area contributed by atoms with Crippen molar-refractivity contribution >= 4 is 16.1 Å². The van der Waals surface area contributed by atoms with Crippen LogP contribution in [0.5, 0.6) is 5.88 Å². The molecule has 2 heterocycles. The molecule has 0 spiro atoms. The summed E-state index contributed by atoms with van der Waals surface area (Å²) in [4.78, 5) is 7.98. The van der Waals surface area contributed by atoms with Crippen molar-refractivity contribution in [3.63, 3.8) is 0 Å². The zero-order valence-electron chi connectivity index (χ0n) is 13.4. The zero-order valence-corrected chi connectivity index (χ0v) is 14.2. The lowest BCUT2D eigenvalue weighted by atomic mass is 10.2. The molecule has 1 fully saturated rings. The summed E-state index contributed by atoms with van der Waals surface area (Å²) in [5, 5.41) is 1.25. The number of aryl methyl sites for hydroxylation is 1. The van der Waals surface area contributed by atoms with E-state index in [4.69, 9.17) is 4.74 Å². The molecule has 1 saturated heterocycles. The minimum Gasteiger partial charge on any atom is -0.472 e. The molecule has 0 N–H and O–H groups in total. The second kappa shape index (κ2) is 7.11. The van der Waals surface area contributed by atoms with E-state index in [1.807, 2.05) is 31.2 Å². The van der Waals surface area contributed by atoms with E-state index >= 15 is 0 Å². The average Bonchev–Trinajstić information content (AvgIpc) is 3.05. The maximum Gasteiger partial charge on any atom is 0.236 e. The fourth-order valence-corrected chi connectivity index (χ4v) is 3.71. The third-order valence-electron chi connectivity index (χ3n) is 3.80. The molecule has 0 aliphatic carbocycles. The van der Waals surface area contributed by atoms with Crippen LogP contribution >= 0.6 is 0 Å². The average molecular weight is 345 g/mol. The van der Waals surface area contributed by atoms with Gasteiger partial charge in [-0.2, -0.15) is 4.31 Å². The van der Waals surface area contributed by atoms with Crippen molar-refractivity contribution in [1.29, 1.82) is 0 Å². The van der Waals surface area contributed by atoms with Crippen LogP contribution in [-0.2, 0) is 10.0 Å². The van der Waals surface area contributed by atoms with Crippen LogP contribution in [0.2, 0.25) is 0 Å². The topological polar surface area (TPSA) is 72.4 Å². The van der Waals surface area contributed by atoms with Crippen molar-refractivity contribution < 1.29 is 13.2 Å². The van der Waals surface area contributed by atoms with Crippen molar-refractivity contribution in [3.05, 3.63) is 59.4 Å². The van der Waals surface area contributed by atoms with Gasteiger partial charge in [0.2, 0.25) is 15.9 Å². The lowest BCUT2D eigenvalue weighted by molar-refractivity contribution is 0.206. The van der Waals surface area contributed by atoms with Crippen LogP contribution < -0.4 is 4.74 Å². The first kappa shape index (κ1) is 16.6. The fourth-order valence-electron chi connectivity index (χ4n) is 2.47.